The third kappa shape index (κ3) is 5.37. The van der Waals surface area contributed by atoms with Crippen LogP contribution in [0.5, 0.6) is 23.0 Å². The molecule has 2 unspecified atom stereocenters. The second-order valence-electron chi connectivity index (χ2n) is 10.4. The van der Waals surface area contributed by atoms with E-state index in [0.717, 1.165) is 37.1 Å². The number of alkyl halides is 6. The van der Waals surface area contributed by atoms with Gasteiger partial charge in [0, 0.05) is 23.0 Å². The third-order valence-electron chi connectivity index (χ3n) is 7.97. The Morgan fingerprint density at radius 3 is 1.29 bits per heavy atom. The largest absolute Gasteiger partial charge is 0.507 e. The van der Waals surface area contributed by atoms with Crippen molar-refractivity contribution in [2.75, 3.05) is 0 Å². The van der Waals surface area contributed by atoms with Gasteiger partial charge in [0.25, 0.3) is 0 Å². The topological polar surface area (TPSA) is 98.0 Å². The van der Waals surface area contributed by atoms with Crippen LogP contribution in [0.25, 0.3) is 0 Å². The number of halogens is 6. The van der Waals surface area contributed by atoms with Crippen molar-refractivity contribution < 1.29 is 51.6 Å². The summed E-state index contributed by atoms with van der Waals surface area (Å²) < 4.78 is 81.7. The number of rotatable bonds is 8. The summed E-state index contributed by atoms with van der Waals surface area (Å²) in [6.07, 6.45) is -5.65. The van der Waals surface area contributed by atoms with Gasteiger partial charge in [0.15, 0.2) is 0 Å². The van der Waals surface area contributed by atoms with Crippen LogP contribution in [0.15, 0.2) is 24.3 Å². The lowest BCUT2D eigenvalue weighted by atomic mass is 9.69. The molecule has 2 aromatic carbocycles. The number of ketones is 1. The van der Waals surface area contributed by atoms with E-state index in [4.69, 9.17) is 0 Å². The maximum absolute atomic E-state index is 14.1. The van der Waals surface area contributed by atoms with Gasteiger partial charge >= 0.3 is 12.4 Å². The van der Waals surface area contributed by atoms with Crippen molar-refractivity contribution in [2.24, 2.45) is 11.8 Å². The molecule has 208 valence electrons. The first-order valence-electron chi connectivity index (χ1n) is 12.5. The van der Waals surface area contributed by atoms with Gasteiger partial charge in [-0.05, 0) is 36.8 Å². The summed E-state index contributed by atoms with van der Waals surface area (Å²) >= 11 is 0. The summed E-state index contributed by atoms with van der Waals surface area (Å²) in [5.41, 5.74) is -4.13. The highest BCUT2D eigenvalue weighted by Crippen LogP contribution is 2.51. The normalized spacial score (nSPS) is 18.5. The van der Waals surface area contributed by atoms with Crippen LogP contribution in [0.4, 0.5) is 26.3 Å². The van der Waals surface area contributed by atoms with Crippen molar-refractivity contribution in [1.29, 1.82) is 0 Å². The lowest BCUT2D eigenvalue weighted by molar-refractivity contribution is -0.141. The van der Waals surface area contributed by atoms with E-state index in [1.807, 2.05) is 0 Å². The van der Waals surface area contributed by atoms with E-state index in [-0.39, 0.29) is 35.8 Å². The molecule has 0 saturated heterocycles. The quantitative estimate of drug-likeness (QED) is 0.259. The minimum atomic E-state index is -5.13. The monoisotopic (exact) mass is 546 g/mol. The van der Waals surface area contributed by atoms with Crippen molar-refractivity contribution in [3.8, 4) is 23.0 Å². The fraction of sp³-hybridized carbons (Fsp3) is 0.519. The summed E-state index contributed by atoms with van der Waals surface area (Å²) in [5.74, 6) is -8.51. The number of hydrogen-bond acceptors (Lipinski definition) is 5. The number of phenolic OH excluding ortho intramolecular Hbond substituents is 4. The molecule has 0 radical (unpaired) electrons. The van der Waals surface area contributed by atoms with Crippen molar-refractivity contribution >= 4 is 5.78 Å². The molecule has 0 bridgehead atoms. The first-order chi connectivity index (χ1) is 17.7. The highest BCUT2D eigenvalue weighted by molar-refractivity contribution is 5.93. The zero-order valence-electron chi connectivity index (χ0n) is 20.2. The Morgan fingerprint density at radius 2 is 1.03 bits per heavy atom. The first-order valence-corrected chi connectivity index (χ1v) is 12.5. The Labute approximate surface area is 214 Å². The van der Waals surface area contributed by atoms with Crippen LogP contribution in [0.2, 0.25) is 0 Å². The molecular weight excluding hydrogens is 518 g/mol. The van der Waals surface area contributed by atoms with Crippen LogP contribution in [0, 0.1) is 11.8 Å². The van der Waals surface area contributed by atoms with Crippen LogP contribution in [-0.2, 0) is 17.1 Å². The van der Waals surface area contributed by atoms with Crippen LogP contribution in [0.1, 0.15) is 85.5 Å². The third-order valence-corrected chi connectivity index (χ3v) is 7.97. The van der Waals surface area contributed by atoms with E-state index < -0.39 is 64.1 Å². The first kappa shape index (κ1) is 27.9. The van der Waals surface area contributed by atoms with Gasteiger partial charge in [0.1, 0.15) is 39.9 Å². The lowest BCUT2D eigenvalue weighted by Gasteiger charge is -2.34. The number of phenols is 4. The van der Waals surface area contributed by atoms with E-state index in [1.165, 1.54) is 0 Å². The SMILES string of the molecule is O=C(C(CC1CCC1)c1ccc(O)c(C(F)(F)F)c1O)C(CC1CCC1)c1ccc(O)c(C(F)(F)F)c1O. The van der Waals surface area contributed by atoms with Gasteiger partial charge in [-0.3, -0.25) is 4.79 Å². The Hall–Kier alpha value is -3.11. The predicted octanol–water partition coefficient (Wildman–Crippen LogP) is 7.36. The Morgan fingerprint density at radius 1 is 0.684 bits per heavy atom. The number of aromatic hydroxyl groups is 4. The summed E-state index contributed by atoms with van der Waals surface area (Å²) in [7, 11) is 0. The zero-order chi connectivity index (χ0) is 28.0. The van der Waals surface area contributed by atoms with Crippen molar-refractivity contribution in [3.63, 3.8) is 0 Å². The molecule has 2 atom stereocenters. The van der Waals surface area contributed by atoms with E-state index in [1.54, 1.807) is 0 Å². The maximum atomic E-state index is 14.1. The van der Waals surface area contributed by atoms with Gasteiger partial charge in [-0.2, -0.15) is 26.3 Å². The molecule has 2 fully saturated rings. The number of carbonyl (C=O) groups excluding carboxylic acids is 1. The maximum Gasteiger partial charge on any atom is 0.423 e. The van der Waals surface area contributed by atoms with Gasteiger partial charge in [-0.15, -0.1) is 0 Å². The summed E-state index contributed by atoms with van der Waals surface area (Å²) in [6, 6.07) is 3.53. The molecule has 0 aromatic heterocycles. The smallest absolute Gasteiger partial charge is 0.423 e. The minimum absolute atomic E-state index is 0.0463. The second-order valence-corrected chi connectivity index (χ2v) is 10.4. The lowest BCUT2D eigenvalue weighted by Crippen LogP contribution is -2.28. The molecular formula is C27H28F6O5. The van der Waals surface area contributed by atoms with E-state index in [2.05, 4.69) is 0 Å². The van der Waals surface area contributed by atoms with Crippen molar-refractivity contribution in [3.05, 3.63) is 46.5 Å². The molecule has 11 heteroatoms. The van der Waals surface area contributed by atoms with Crippen LogP contribution in [-0.4, -0.2) is 26.2 Å². The highest BCUT2D eigenvalue weighted by Gasteiger charge is 2.44. The Balaban J connectivity index is 1.84. The molecule has 0 aliphatic heterocycles. The zero-order valence-corrected chi connectivity index (χ0v) is 20.2. The van der Waals surface area contributed by atoms with E-state index >= 15 is 0 Å². The van der Waals surface area contributed by atoms with Gasteiger partial charge in [0.05, 0.1) is 0 Å². The molecule has 2 aliphatic rings. The second kappa shape index (κ2) is 10.2. The number of benzene rings is 2. The fourth-order valence-electron chi connectivity index (χ4n) is 5.47. The molecule has 4 rings (SSSR count). The number of Topliss-reactive ketones (excluding diaryl/α,β-unsaturated/α-hetero) is 1. The minimum Gasteiger partial charge on any atom is -0.507 e. The molecule has 5 nitrogen and oxygen atoms in total. The number of carbonyl (C=O) groups is 1. The Kier molecular flexibility index (Phi) is 7.51. The molecule has 0 heterocycles. The van der Waals surface area contributed by atoms with Gasteiger partial charge in [0.2, 0.25) is 0 Å². The molecule has 4 N–H and O–H groups in total. The van der Waals surface area contributed by atoms with Crippen molar-refractivity contribution in [1.82, 2.24) is 0 Å². The van der Waals surface area contributed by atoms with Gasteiger partial charge in [-0.1, -0.05) is 50.7 Å². The molecule has 0 spiro atoms. The van der Waals surface area contributed by atoms with Gasteiger partial charge < -0.3 is 20.4 Å². The highest BCUT2D eigenvalue weighted by atomic mass is 19.4. The molecule has 38 heavy (non-hydrogen) atoms. The summed E-state index contributed by atoms with van der Waals surface area (Å²) in [6.45, 7) is 0. The van der Waals surface area contributed by atoms with Crippen LogP contribution < -0.4 is 0 Å². The van der Waals surface area contributed by atoms with E-state index in [0.29, 0.717) is 25.7 Å². The van der Waals surface area contributed by atoms with Crippen LogP contribution in [0.3, 0.4) is 0 Å². The molecule has 0 amide bonds. The Bertz CT molecular complexity index is 1110. The summed E-state index contributed by atoms with van der Waals surface area (Å²) in [4.78, 5) is 14.1. The molecule has 2 aliphatic carbocycles. The van der Waals surface area contributed by atoms with Gasteiger partial charge in [-0.25, -0.2) is 0 Å². The standard InChI is InChI=1S/C27H28F6O5/c28-26(29,30)21-19(34)9-7-15(24(21)37)17(11-13-3-1-4-13)23(36)18(12-14-5-2-6-14)16-8-10-20(35)22(25(16)38)27(31,32)33/h7-10,13-14,17-18,34-35,37-38H,1-6,11-12H2. The molecule has 2 saturated carbocycles. The van der Waals surface area contributed by atoms with Crippen LogP contribution >= 0.6 is 0 Å². The van der Waals surface area contributed by atoms with Crippen molar-refractivity contribution in [2.45, 2.75) is 75.6 Å². The predicted molar refractivity (Wildman–Crippen MR) is 124 cm³/mol. The average Bonchev–Trinajstić information content (AvgIpc) is 2.72. The summed E-state index contributed by atoms with van der Waals surface area (Å²) in [5, 5.41) is 40.8. The molecule has 2 aromatic rings. The average molecular weight is 547 g/mol. The number of hydrogen-bond donors (Lipinski definition) is 4. The van der Waals surface area contributed by atoms with E-state index in [9.17, 15) is 51.6 Å². The fourth-order valence-corrected chi connectivity index (χ4v) is 5.47.